The first-order valence-electron chi connectivity index (χ1n) is 8.11. The number of hydrogen-bond acceptors (Lipinski definition) is 2. The smallest absolute Gasteiger partial charge is 0.0743 e. The minimum Gasteiger partial charge on any atom is -0.389 e. The Morgan fingerprint density at radius 1 is 1.00 bits per heavy atom. The van der Waals surface area contributed by atoms with Crippen LogP contribution in [0.25, 0.3) is 0 Å². The van der Waals surface area contributed by atoms with Gasteiger partial charge in [-0.3, -0.25) is 0 Å². The summed E-state index contributed by atoms with van der Waals surface area (Å²) in [6.07, 6.45) is 13.3. The standard InChI is InChI=1S/C16H31NO/c1-2-14-9-5-8-12-16(14,18)15(13-17)10-6-3-4-7-11-15/h14,18H,2-13,17H2,1H3. The Bertz CT molecular complexity index is 258. The first kappa shape index (κ1) is 14.3. The molecule has 0 aliphatic heterocycles. The van der Waals surface area contributed by atoms with Crippen LogP contribution in [0.1, 0.15) is 77.6 Å². The molecule has 106 valence electrons. The Balaban J connectivity index is 2.26. The van der Waals surface area contributed by atoms with Crippen LogP contribution in [-0.4, -0.2) is 17.3 Å². The highest BCUT2D eigenvalue weighted by atomic mass is 16.3. The Hall–Kier alpha value is -0.0800. The molecule has 2 saturated carbocycles. The first-order chi connectivity index (χ1) is 8.68. The number of rotatable bonds is 3. The third-order valence-corrected chi connectivity index (χ3v) is 5.90. The van der Waals surface area contributed by atoms with Gasteiger partial charge in [0.15, 0.2) is 0 Å². The van der Waals surface area contributed by atoms with Gasteiger partial charge in [0.2, 0.25) is 0 Å². The zero-order chi connectivity index (χ0) is 13.1. The second kappa shape index (κ2) is 5.92. The van der Waals surface area contributed by atoms with Crippen molar-refractivity contribution in [1.82, 2.24) is 0 Å². The molecule has 0 saturated heterocycles. The SMILES string of the molecule is CCC1CCCCC1(O)C1(CN)CCCCCC1. The predicted molar refractivity (Wildman–Crippen MR) is 76.4 cm³/mol. The fraction of sp³-hybridized carbons (Fsp3) is 1.00. The van der Waals surface area contributed by atoms with Crippen LogP contribution in [0.15, 0.2) is 0 Å². The van der Waals surface area contributed by atoms with Crippen molar-refractivity contribution in [3.05, 3.63) is 0 Å². The molecule has 2 fully saturated rings. The van der Waals surface area contributed by atoms with E-state index in [-0.39, 0.29) is 5.41 Å². The Kier molecular flexibility index (Phi) is 4.71. The van der Waals surface area contributed by atoms with Gasteiger partial charge in [0.25, 0.3) is 0 Å². The molecule has 2 unspecified atom stereocenters. The summed E-state index contributed by atoms with van der Waals surface area (Å²) in [4.78, 5) is 0. The zero-order valence-corrected chi connectivity index (χ0v) is 12.1. The van der Waals surface area contributed by atoms with Crippen LogP contribution < -0.4 is 5.73 Å². The third-order valence-electron chi connectivity index (χ3n) is 5.90. The van der Waals surface area contributed by atoms with Crippen LogP contribution in [-0.2, 0) is 0 Å². The molecule has 2 rings (SSSR count). The molecule has 3 N–H and O–H groups in total. The minimum atomic E-state index is -0.473. The topological polar surface area (TPSA) is 46.2 Å². The summed E-state index contributed by atoms with van der Waals surface area (Å²) in [5.74, 6) is 0.480. The number of nitrogens with two attached hydrogens (primary N) is 1. The quantitative estimate of drug-likeness (QED) is 0.755. The fourth-order valence-electron chi connectivity index (χ4n) is 4.69. The molecule has 2 aliphatic rings. The Morgan fingerprint density at radius 2 is 1.61 bits per heavy atom. The minimum absolute atomic E-state index is 0.0184. The molecule has 0 aromatic carbocycles. The summed E-state index contributed by atoms with van der Waals surface area (Å²) in [7, 11) is 0. The van der Waals surface area contributed by atoms with Gasteiger partial charge in [-0.1, -0.05) is 51.9 Å². The summed E-state index contributed by atoms with van der Waals surface area (Å²) >= 11 is 0. The van der Waals surface area contributed by atoms with Crippen LogP contribution in [0.4, 0.5) is 0 Å². The summed E-state index contributed by atoms with van der Waals surface area (Å²) in [5, 5.41) is 11.5. The molecule has 2 aliphatic carbocycles. The van der Waals surface area contributed by atoms with E-state index in [2.05, 4.69) is 6.92 Å². The van der Waals surface area contributed by atoms with Gasteiger partial charge in [-0.2, -0.15) is 0 Å². The van der Waals surface area contributed by atoms with Crippen LogP contribution in [0.5, 0.6) is 0 Å². The Morgan fingerprint density at radius 3 is 2.17 bits per heavy atom. The maximum absolute atomic E-state index is 11.5. The third kappa shape index (κ3) is 2.34. The molecular weight excluding hydrogens is 222 g/mol. The number of aliphatic hydroxyl groups is 1. The average Bonchev–Trinajstić information content (AvgIpc) is 2.65. The Labute approximate surface area is 112 Å². The lowest BCUT2D eigenvalue weighted by atomic mass is 9.56. The highest BCUT2D eigenvalue weighted by Crippen LogP contribution is 2.52. The van der Waals surface area contributed by atoms with Crippen LogP contribution in [0.2, 0.25) is 0 Å². The predicted octanol–water partition coefficient (Wildman–Crippen LogP) is 3.62. The van der Waals surface area contributed by atoms with Crippen LogP contribution in [0.3, 0.4) is 0 Å². The van der Waals surface area contributed by atoms with Crippen LogP contribution >= 0.6 is 0 Å². The van der Waals surface area contributed by atoms with E-state index in [1.54, 1.807) is 0 Å². The lowest BCUT2D eigenvalue weighted by Gasteiger charge is -2.53. The second-order valence-electron chi connectivity index (χ2n) is 6.67. The van der Waals surface area contributed by atoms with E-state index in [4.69, 9.17) is 5.73 Å². The molecule has 0 spiro atoms. The van der Waals surface area contributed by atoms with E-state index in [0.717, 1.165) is 25.7 Å². The van der Waals surface area contributed by atoms with Crippen molar-refractivity contribution in [1.29, 1.82) is 0 Å². The van der Waals surface area contributed by atoms with Gasteiger partial charge in [0.1, 0.15) is 0 Å². The summed E-state index contributed by atoms with van der Waals surface area (Å²) in [6, 6.07) is 0. The summed E-state index contributed by atoms with van der Waals surface area (Å²) < 4.78 is 0. The largest absolute Gasteiger partial charge is 0.389 e. The highest BCUT2D eigenvalue weighted by molar-refractivity contribution is 5.05. The molecule has 18 heavy (non-hydrogen) atoms. The van der Waals surface area contributed by atoms with Gasteiger partial charge in [-0.15, -0.1) is 0 Å². The maximum Gasteiger partial charge on any atom is 0.0743 e. The lowest BCUT2D eigenvalue weighted by molar-refractivity contribution is -0.151. The van der Waals surface area contributed by atoms with Gasteiger partial charge in [-0.25, -0.2) is 0 Å². The van der Waals surface area contributed by atoms with Crippen molar-refractivity contribution < 1.29 is 5.11 Å². The van der Waals surface area contributed by atoms with E-state index in [1.165, 1.54) is 44.9 Å². The van der Waals surface area contributed by atoms with Gasteiger partial charge in [-0.05, 0) is 31.6 Å². The van der Waals surface area contributed by atoms with Crippen molar-refractivity contribution in [3.8, 4) is 0 Å². The zero-order valence-electron chi connectivity index (χ0n) is 12.1. The number of hydrogen-bond donors (Lipinski definition) is 2. The van der Waals surface area contributed by atoms with E-state index in [9.17, 15) is 5.11 Å². The fourth-order valence-corrected chi connectivity index (χ4v) is 4.69. The monoisotopic (exact) mass is 253 g/mol. The molecule has 2 nitrogen and oxygen atoms in total. The first-order valence-corrected chi connectivity index (χ1v) is 8.11. The lowest BCUT2D eigenvalue weighted by Crippen LogP contribution is -2.58. The normalized spacial score (nSPS) is 37.2. The van der Waals surface area contributed by atoms with Crippen molar-refractivity contribution in [2.45, 2.75) is 83.2 Å². The molecule has 0 heterocycles. The van der Waals surface area contributed by atoms with E-state index in [1.807, 2.05) is 0 Å². The van der Waals surface area contributed by atoms with Gasteiger partial charge >= 0.3 is 0 Å². The molecule has 0 aromatic heterocycles. The van der Waals surface area contributed by atoms with E-state index < -0.39 is 5.60 Å². The molecular formula is C16H31NO. The van der Waals surface area contributed by atoms with Crippen molar-refractivity contribution >= 4 is 0 Å². The average molecular weight is 253 g/mol. The van der Waals surface area contributed by atoms with E-state index >= 15 is 0 Å². The summed E-state index contributed by atoms with van der Waals surface area (Å²) in [5.41, 5.74) is 5.73. The van der Waals surface area contributed by atoms with E-state index in [0.29, 0.717) is 12.5 Å². The molecule has 2 heteroatoms. The van der Waals surface area contributed by atoms with Crippen molar-refractivity contribution in [2.75, 3.05) is 6.54 Å². The maximum atomic E-state index is 11.5. The van der Waals surface area contributed by atoms with Gasteiger partial charge in [0.05, 0.1) is 5.60 Å². The van der Waals surface area contributed by atoms with Crippen molar-refractivity contribution in [3.63, 3.8) is 0 Å². The van der Waals surface area contributed by atoms with Gasteiger partial charge in [0, 0.05) is 12.0 Å². The van der Waals surface area contributed by atoms with Crippen LogP contribution in [0, 0.1) is 11.3 Å². The molecule has 0 bridgehead atoms. The molecule has 0 amide bonds. The molecule has 2 atom stereocenters. The molecule has 0 aromatic rings. The highest BCUT2D eigenvalue weighted by Gasteiger charge is 2.53. The second-order valence-corrected chi connectivity index (χ2v) is 6.67. The van der Waals surface area contributed by atoms with Gasteiger partial charge < -0.3 is 10.8 Å². The summed E-state index contributed by atoms with van der Waals surface area (Å²) in [6.45, 7) is 2.92. The molecule has 0 radical (unpaired) electrons. The van der Waals surface area contributed by atoms with Crippen molar-refractivity contribution in [2.24, 2.45) is 17.1 Å².